The van der Waals surface area contributed by atoms with Crippen molar-refractivity contribution in [2.24, 2.45) is 14.1 Å². The fourth-order valence-electron chi connectivity index (χ4n) is 3.71. The van der Waals surface area contributed by atoms with Gasteiger partial charge in [0.05, 0.1) is 11.3 Å². The Morgan fingerprint density at radius 2 is 1.74 bits per heavy atom. The summed E-state index contributed by atoms with van der Waals surface area (Å²) in [5.41, 5.74) is 4.94. The predicted octanol–water partition coefficient (Wildman–Crippen LogP) is 2.03. The first kappa shape index (κ1) is 17.3. The Morgan fingerprint density at radius 1 is 1.00 bits per heavy atom. The SMILES string of the molecule is Cn1nc(-c2ccccc2)c2c1CCN(C(=O)c1ccc(=O)n(C)c1)CC2. The van der Waals surface area contributed by atoms with E-state index in [1.165, 1.54) is 21.9 Å². The zero-order valence-electron chi connectivity index (χ0n) is 15.6. The van der Waals surface area contributed by atoms with E-state index in [0.29, 0.717) is 18.7 Å². The molecule has 138 valence electrons. The number of nitrogens with zero attached hydrogens (tertiary/aromatic N) is 4. The average Bonchev–Trinajstić information content (AvgIpc) is 2.86. The van der Waals surface area contributed by atoms with Crippen LogP contribution in [0.2, 0.25) is 0 Å². The highest BCUT2D eigenvalue weighted by molar-refractivity contribution is 5.94. The molecule has 0 spiro atoms. The van der Waals surface area contributed by atoms with Crippen LogP contribution < -0.4 is 5.56 Å². The van der Waals surface area contributed by atoms with E-state index in [-0.39, 0.29) is 11.5 Å². The number of amides is 1. The van der Waals surface area contributed by atoms with Crippen molar-refractivity contribution in [3.05, 3.63) is 75.8 Å². The molecule has 0 N–H and O–H groups in total. The second kappa shape index (κ2) is 6.87. The Labute approximate surface area is 157 Å². The van der Waals surface area contributed by atoms with E-state index in [9.17, 15) is 9.59 Å². The van der Waals surface area contributed by atoms with Gasteiger partial charge in [-0.05, 0) is 12.5 Å². The third-order valence-electron chi connectivity index (χ3n) is 5.19. The maximum absolute atomic E-state index is 12.9. The number of hydrogen-bond donors (Lipinski definition) is 0. The molecule has 2 aromatic heterocycles. The standard InChI is InChI=1S/C21H22N4O2/c1-23-14-16(8-9-19(23)26)21(27)25-12-10-17-18(11-13-25)24(2)22-20(17)15-6-4-3-5-7-15/h3-9,14H,10-13H2,1-2H3. The van der Waals surface area contributed by atoms with Crippen molar-refractivity contribution < 1.29 is 4.79 Å². The Morgan fingerprint density at radius 3 is 2.48 bits per heavy atom. The number of benzene rings is 1. The summed E-state index contributed by atoms with van der Waals surface area (Å²) >= 11 is 0. The molecule has 0 saturated heterocycles. The number of hydrogen-bond acceptors (Lipinski definition) is 3. The van der Waals surface area contributed by atoms with Crippen molar-refractivity contribution in [2.45, 2.75) is 12.8 Å². The number of rotatable bonds is 2. The molecule has 4 rings (SSSR count). The minimum atomic E-state index is -0.117. The smallest absolute Gasteiger partial charge is 0.255 e. The number of carbonyl (C=O) groups is 1. The van der Waals surface area contributed by atoms with Crippen LogP contribution in [0.1, 0.15) is 21.6 Å². The van der Waals surface area contributed by atoms with Crippen molar-refractivity contribution in [1.82, 2.24) is 19.2 Å². The molecule has 6 nitrogen and oxygen atoms in total. The second-order valence-corrected chi connectivity index (χ2v) is 6.92. The zero-order valence-corrected chi connectivity index (χ0v) is 15.6. The third kappa shape index (κ3) is 3.18. The minimum Gasteiger partial charge on any atom is -0.338 e. The molecule has 0 radical (unpaired) electrons. The van der Waals surface area contributed by atoms with Crippen LogP contribution in [0.5, 0.6) is 0 Å². The fourth-order valence-corrected chi connectivity index (χ4v) is 3.71. The highest BCUT2D eigenvalue weighted by Crippen LogP contribution is 2.28. The molecule has 27 heavy (non-hydrogen) atoms. The average molecular weight is 362 g/mol. The quantitative estimate of drug-likeness (QED) is 0.701. The van der Waals surface area contributed by atoms with Crippen molar-refractivity contribution >= 4 is 5.91 Å². The van der Waals surface area contributed by atoms with Gasteiger partial charge in [0.25, 0.3) is 5.91 Å². The molecule has 1 aromatic carbocycles. The Hall–Kier alpha value is -3.15. The molecular weight excluding hydrogens is 340 g/mol. The normalized spacial score (nSPS) is 13.9. The van der Waals surface area contributed by atoms with Gasteiger partial charge in [0, 0.05) is 62.7 Å². The highest BCUT2D eigenvalue weighted by Gasteiger charge is 2.25. The lowest BCUT2D eigenvalue weighted by Crippen LogP contribution is -2.34. The molecular formula is C21H22N4O2. The van der Waals surface area contributed by atoms with Crippen LogP contribution in [-0.2, 0) is 26.9 Å². The van der Waals surface area contributed by atoms with E-state index in [1.807, 2.05) is 34.8 Å². The van der Waals surface area contributed by atoms with Gasteiger partial charge in [-0.15, -0.1) is 0 Å². The van der Waals surface area contributed by atoms with Gasteiger partial charge < -0.3 is 9.47 Å². The van der Waals surface area contributed by atoms with E-state index in [1.54, 1.807) is 19.3 Å². The molecule has 0 atom stereocenters. The van der Waals surface area contributed by atoms with Crippen LogP contribution in [0.4, 0.5) is 0 Å². The van der Waals surface area contributed by atoms with Crippen LogP contribution in [0.15, 0.2) is 53.5 Å². The predicted molar refractivity (Wildman–Crippen MR) is 104 cm³/mol. The van der Waals surface area contributed by atoms with Gasteiger partial charge in [-0.1, -0.05) is 30.3 Å². The van der Waals surface area contributed by atoms with Crippen LogP contribution >= 0.6 is 0 Å². The van der Waals surface area contributed by atoms with Crippen molar-refractivity contribution in [3.8, 4) is 11.3 Å². The summed E-state index contributed by atoms with van der Waals surface area (Å²) in [7, 11) is 3.63. The fraction of sp³-hybridized carbons (Fsp3) is 0.286. The van der Waals surface area contributed by atoms with Crippen molar-refractivity contribution in [2.75, 3.05) is 13.1 Å². The molecule has 1 amide bonds. The van der Waals surface area contributed by atoms with Gasteiger partial charge in [0.15, 0.2) is 0 Å². The highest BCUT2D eigenvalue weighted by atomic mass is 16.2. The summed E-state index contributed by atoms with van der Waals surface area (Å²) in [6.07, 6.45) is 3.15. The first-order chi connectivity index (χ1) is 13.0. The van der Waals surface area contributed by atoms with Crippen molar-refractivity contribution in [3.63, 3.8) is 0 Å². The molecule has 3 heterocycles. The van der Waals surface area contributed by atoms with E-state index in [4.69, 9.17) is 5.10 Å². The molecule has 0 unspecified atom stereocenters. The Kier molecular flexibility index (Phi) is 4.39. The van der Waals surface area contributed by atoms with Gasteiger partial charge in [-0.2, -0.15) is 5.10 Å². The molecule has 1 aliphatic rings. The first-order valence-corrected chi connectivity index (χ1v) is 9.10. The van der Waals surface area contributed by atoms with Crippen LogP contribution in [0.25, 0.3) is 11.3 Å². The Bertz CT molecular complexity index is 1050. The molecule has 0 aliphatic carbocycles. The van der Waals surface area contributed by atoms with E-state index in [2.05, 4.69) is 12.1 Å². The molecule has 3 aromatic rings. The minimum absolute atomic E-state index is 0.0346. The monoisotopic (exact) mass is 362 g/mol. The summed E-state index contributed by atoms with van der Waals surface area (Å²) in [5, 5.41) is 4.73. The molecule has 0 fully saturated rings. The summed E-state index contributed by atoms with van der Waals surface area (Å²) < 4.78 is 3.38. The lowest BCUT2D eigenvalue weighted by Gasteiger charge is -2.20. The van der Waals surface area contributed by atoms with Gasteiger partial charge in [0.2, 0.25) is 5.56 Å². The lowest BCUT2D eigenvalue weighted by molar-refractivity contribution is 0.0761. The molecule has 0 bridgehead atoms. The van der Waals surface area contributed by atoms with E-state index >= 15 is 0 Å². The van der Waals surface area contributed by atoms with Crippen LogP contribution in [0.3, 0.4) is 0 Å². The van der Waals surface area contributed by atoms with Crippen LogP contribution in [0, 0.1) is 0 Å². The third-order valence-corrected chi connectivity index (χ3v) is 5.19. The van der Waals surface area contributed by atoms with E-state index < -0.39 is 0 Å². The summed E-state index contributed by atoms with van der Waals surface area (Å²) in [4.78, 5) is 26.4. The maximum Gasteiger partial charge on any atom is 0.255 e. The number of fused-ring (bicyclic) bond motifs is 1. The lowest BCUT2D eigenvalue weighted by atomic mass is 10.0. The molecule has 6 heteroatoms. The van der Waals surface area contributed by atoms with Gasteiger partial charge >= 0.3 is 0 Å². The molecule has 1 aliphatic heterocycles. The van der Waals surface area contributed by atoms with E-state index in [0.717, 1.165) is 24.1 Å². The number of aryl methyl sites for hydroxylation is 2. The zero-order chi connectivity index (χ0) is 19.0. The van der Waals surface area contributed by atoms with Gasteiger partial charge in [-0.25, -0.2) is 0 Å². The first-order valence-electron chi connectivity index (χ1n) is 9.10. The van der Waals surface area contributed by atoms with Gasteiger partial charge in [-0.3, -0.25) is 14.3 Å². The Balaban J connectivity index is 1.61. The van der Waals surface area contributed by atoms with Crippen LogP contribution in [-0.4, -0.2) is 38.2 Å². The molecule has 0 saturated carbocycles. The number of carbonyl (C=O) groups excluding carboxylic acids is 1. The summed E-state index contributed by atoms with van der Waals surface area (Å²) in [5.74, 6) is -0.0346. The second-order valence-electron chi connectivity index (χ2n) is 6.92. The largest absolute Gasteiger partial charge is 0.338 e. The van der Waals surface area contributed by atoms with Gasteiger partial charge in [0.1, 0.15) is 0 Å². The van der Waals surface area contributed by atoms with Crippen molar-refractivity contribution in [1.29, 1.82) is 0 Å². The maximum atomic E-state index is 12.9. The topological polar surface area (TPSA) is 60.1 Å². The summed E-state index contributed by atoms with van der Waals surface area (Å²) in [6, 6.07) is 13.2. The summed E-state index contributed by atoms with van der Waals surface area (Å²) in [6.45, 7) is 1.28. The number of aromatic nitrogens is 3. The number of pyridine rings is 1.